The fourth-order valence-corrected chi connectivity index (χ4v) is 6.59. The van der Waals surface area contributed by atoms with Gasteiger partial charge in [0.2, 0.25) is 0 Å². The minimum Gasteiger partial charge on any atom is -0.299 e. The van der Waals surface area contributed by atoms with Gasteiger partial charge >= 0.3 is 0 Å². The summed E-state index contributed by atoms with van der Waals surface area (Å²) in [5, 5.41) is 0. The number of fused-ring (bicyclic) bond motifs is 5. The van der Waals surface area contributed by atoms with E-state index in [4.69, 9.17) is 6.42 Å². The summed E-state index contributed by atoms with van der Waals surface area (Å²) in [6.07, 6.45) is 16.2. The van der Waals surface area contributed by atoms with Gasteiger partial charge in [-0.1, -0.05) is 18.9 Å². The highest BCUT2D eigenvalue weighted by Crippen LogP contribution is 2.65. The number of terminal acetylenes is 1. The van der Waals surface area contributed by atoms with Crippen LogP contribution < -0.4 is 0 Å². The van der Waals surface area contributed by atoms with Gasteiger partial charge < -0.3 is 0 Å². The van der Waals surface area contributed by atoms with Crippen molar-refractivity contribution in [1.82, 2.24) is 0 Å². The summed E-state index contributed by atoms with van der Waals surface area (Å²) in [4.78, 5) is 24.9. The number of allylic oxidation sites excluding steroid dienone is 1. The van der Waals surface area contributed by atoms with Crippen molar-refractivity contribution in [3.8, 4) is 12.3 Å². The number of hydrogen-bond donors (Lipinski definition) is 0. The molecule has 0 radical (unpaired) electrons. The second-order valence-corrected chi connectivity index (χ2v) is 8.64. The summed E-state index contributed by atoms with van der Waals surface area (Å²) in [5.41, 5.74) is 1.37. The smallest absolute Gasteiger partial charge is 0.155 e. The molecule has 2 heteroatoms. The van der Waals surface area contributed by atoms with Crippen molar-refractivity contribution in [3.63, 3.8) is 0 Å². The normalized spacial score (nSPS) is 45.6. The molecule has 4 aliphatic carbocycles. The lowest BCUT2D eigenvalue weighted by atomic mass is 9.46. The molecule has 122 valence electrons. The molecule has 5 atom stereocenters. The third kappa shape index (κ3) is 2.02. The molecular weight excluding hydrogens is 284 g/mol. The van der Waals surface area contributed by atoms with E-state index in [1.165, 1.54) is 25.7 Å². The third-order valence-corrected chi connectivity index (χ3v) is 7.71. The average molecular weight is 310 g/mol. The van der Waals surface area contributed by atoms with Crippen molar-refractivity contribution in [2.75, 3.05) is 0 Å². The summed E-state index contributed by atoms with van der Waals surface area (Å²) < 4.78 is 0. The van der Waals surface area contributed by atoms with E-state index >= 15 is 0 Å². The van der Waals surface area contributed by atoms with E-state index in [9.17, 15) is 9.59 Å². The first kappa shape index (κ1) is 15.2. The zero-order valence-corrected chi connectivity index (χ0v) is 14.1. The summed E-state index contributed by atoms with van der Waals surface area (Å²) >= 11 is 0. The monoisotopic (exact) mass is 310 g/mol. The summed E-state index contributed by atoms with van der Waals surface area (Å²) in [7, 11) is 0. The molecule has 0 aliphatic heterocycles. The first-order valence-electron chi connectivity index (χ1n) is 9.20. The Balaban J connectivity index is 1.79. The van der Waals surface area contributed by atoms with E-state index in [-0.39, 0.29) is 17.1 Å². The Bertz CT molecular complexity index is 637. The number of ketones is 2. The molecule has 1 unspecified atom stereocenters. The van der Waals surface area contributed by atoms with Crippen LogP contribution in [0.2, 0.25) is 0 Å². The van der Waals surface area contributed by atoms with Crippen molar-refractivity contribution in [2.45, 2.75) is 64.7 Å². The number of rotatable bonds is 1. The van der Waals surface area contributed by atoms with E-state index in [2.05, 4.69) is 12.8 Å². The van der Waals surface area contributed by atoms with E-state index in [1.54, 1.807) is 6.08 Å². The first-order valence-corrected chi connectivity index (χ1v) is 9.20. The van der Waals surface area contributed by atoms with E-state index in [1.807, 2.05) is 0 Å². The lowest BCUT2D eigenvalue weighted by Crippen LogP contribution is -2.54. The Hall–Kier alpha value is -1.36. The molecule has 0 amide bonds. The van der Waals surface area contributed by atoms with Gasteiger partial charge in [0.15, 0.2) is 5.78 Å². The molecule has 0 N–H and O–H groups in total. The van der Waals surface area contributed by atoms with Crippen molar-refractivity contribution in [1.29, 1.82) is 0 Å². The molecule has 0 spiro atoms. The average Bonchev–Trinajstić information content (AvgIpc) is 2.90. The van der Waals surface area contributed by atoms with Gasteiger partial charge in [0, 0.05) is 30.6 Å². The number of carbonyl (C=O) groups excluding carboxylic acids is 2. The third-order valence-electron chi connectivity index (χ3n) is 7.71. The van der Waals surface area contributed by atoms with Crippen molar-refractivity contribution in [2.24, 2.45) is 28.6 Å². The largest absolute Gasteiger partial charge is 0.299 e. The standard InChI is InChI=1S/C21H26O2/c1-3-8-21-11-6-15(22)12-14(21)13-18(23)19-16-5-4-9-20(16,2)10-7-17(19)21/h1,12,16-17,19H,4-11,13H2,2H3/t16-,17-,19-,20-,21?/m0/s1. The van der Waals surface area contributed by atoms with Crippen LogP contribution in [0, 0.1) is 40.9 Å². The minimum absolute atomic E-state index is 0.0643. The zero-order valence-electron chi connectivity index (χ0n) is 14.1. The highest BCUT2D eigenvalue weighted by molar-refractivity contribution is 5.95. The van der Waals surface area contributed by atoms with E-state index in [0.717, 1.165) is 18.4 Å². The molecule has 3 saturated carbocycles. The predicted octanol–water partition coefficient (Wildman–Crippen LogP) is 4.09. The zero-order chi connectivity index (χ0) is 16.2. The highest BCUT2D eigenvalue weighted by Gasteiger charge is 2.60. The van der Waals surface area contributed by atoms with Crippen LogP contribution in [0.4, 0.5) is 0 Å². The SMILES string of the molecule is C#CCC12CCC(=O)C=C1CC(=O)[C@@H]1[C@@H]2CC[C@]2(C)CCC[C@@H]12. The quantitative estimate of drug-likeness (QED) is 0.684. The molecule has 2 nitrogen and oxygen atoms in total. The Morgan fingerprint density at radius 2 is 2.04 bits per heavy atom. The van der Waals surface area contributed by atoms with Gasteiger partial charge in [0.1, 0.15) is 5.78 Å². The molecule has 0 aromatic rings. The maximum absolute atomic E-state index is 13.0. The van der Waals surface area contributed by atoms with Crippen LogP contribution in [0.25, 0.3) is 0 Å². The summed E-state index contributed by atoms with van der Waals surface area (Å²) in [6.45, 7) is 2.40. The van der Waals surface area contributed by atoms with Crippen LogP contribution >= 0.6 is 0 Å². The maximum Gasteiger partial charge on any atom is 0.155 e. The van der Waals surface area contributed by atoms with E-state index in [0.29, 0.717) is 42.3 Å². The Morgan fingerprint density at radius 1 is 1.22 bits per heavy atom. The maximum atomic E-state index is 13.0. The van der Waals surface area contributed by atoms with Gasteiger partial charge in [-0.05, 0) is 55.4 Å². The van der Waals surface area contributed by atoms with Crippen molar-refractivity contribution < 1.29 is 9.59 Å². The van der Waals surface area contributed by atoms with Crippen molar-refractivity contribution >= 4 is 11.6 Å². The molecule has 4 rings (SSSR count). The molecule has 0 bridgehead atoms. The lowest BCUT2D eigenvalue weighted by molar-refractivity contribution is -0.139. The second kappa shape index (κ2) is 5.07. The van der Waals surface area contributed by atoms with E-state index < -0.39 is 0 Å². The van der Waals surface area contributed by atoms with Gasteiger partial charge in [0.05, 0.1) is 0 Å². The molecule has 3 fully saturated rings. The first-order chi connectivity index (χ1) is 11.0. The van der Waals surface area contributed by atoms with Crippen LogP contribution in [0.3, 0.4) is 0 Å². The molecule has 0 aromatic heterocycles. The fourth-order valence-electron chi connectivity index (χ4n) is 6.59. The predicted molar refractivity (Wildman–Crippen MR) is 89.5 cm³/mol. The van der Waals surface area contributed by atoms with Gasteiger partial charge in [-0.25, -0.2) is 0 Å². The second-order valence-electron chi connectivity index (χ2n) is 8.64. The van der Waals surface area contributed by atoms with Crippen LogP contribution in [0.1, 0.15) is 64.7 Å². The van der Waals surface area contributed by atoms with Gasteiger partial charge in [-0.3, -0.25) is 9.59 Å². The number of hydrogen-bond acceptors (Lipinski definition) is 2. The molecular formula is C21H26O2. The fraction of sp³-hybridized carbons (Fsp3) is 0.714. The van der Waals surface area contributed by atoms with Gasteiger partial charge in [0.25, 0.3) is 0 Å². The molecule has 0 heterocycles. The van der Waals surface area contributed by atoms with Crippen molar-refractivity contribution in [3.05, 3.63) is 11.6 Å². The molecule has 0 aromatic carbocycles. The topological polar surface area (TPSA) is 34.1 Å². The van der Waals surface area contributed by atoms with Crippen LogP contribution in [-0.4, -0.2) is 11.6 Å². The summed E-state index contributed by atoms with van der Waals surface area (Å²) in [5.74, 6) is 4.57. The Morgan fingerprint density at radius 3 is 2.83 bits per heavy atom. The highest BCUT2D eigenvalue weighted by atomic mass is 16.1. The number of Topliss-reactive ketones (excluding diaryl/α,β-unsaturated/α-hetero) is 1. The van der Waals surface area contributed by atoms with Gasteiger partial charge in [-0.15, -0.1) is 12.3 Å². The number of carbonyl (C=O) groups is 2. The lowest BCUT2D eigenvalue weighted by Gasteiger charge is -2.57. The Labute approximate surface area is 139 Å². The molecule has 23 heavy (non-hydrogen) atoms. The Kier molecular flexibility index (Phi) is 3.34. The minimum atomic E-state index is -0.0643. The van der Waals surface area contributed by atoms with Crippen LogP contribution in [0.5, 0.6) is 0 Å². The van der Waals surface area contributed by atoms with Gasteiger partial charge in [-0.2, -0.15) is 0 Å². The summed E-state index contributed by atoms with van der Waals surface area (Å²) in [6, 6.07) is 0. The van der Waals surface area contributed by atoms with Crippen LogP contribution in [-0.2, 0) is 9.59 Å². The van der Waals surface area contributed by atoms with Crippen LogP contribution in [0.15, 0.2) is 11.6 Å². The molecule has 4 aliphatic rings. The molecule has 0 saturated heterocycles.